The van der Waals surface area contributed by atoms with Gasteiger partial charge in [0.1, 0.15) is 0 Å². The molecule has 7 heteroatoms. The van der Waals surface area contributed by atoms with Crippen LogP contribution in [0.1, 0.15) is 24.0 Å². The summed E-state index contributed by atoms with van der Waals surface area (Å²) < 4.78 is 7.47. The number of amides is 1. The summed E-state index contributed by atoms with van der Waals surface area (Å²) in [6.07, 6.45) is 1.63. The van der Waals surface area contributed by atoms with Crippen LogP contribution in [0.3, 0.4) is 0 Å². The van der Waals surface area contributed by atoms with Crippen LogP contribution in [0.25, 0.3) is 11.5 Å². The second kappa shape index (κ2) is 8.93. The van der Waals surface area contributed by atoms with Gasteiger partial charge in [0.25, 0.3) is 4.84 Å². The second-order valence-corrected chi connectivity index (χ2v) is 8.21. The lowest BCUT2D eigenvalue weighted by atomic mass is 9.96. The molecule has 3 aromatic rings. The normalized spacial score (nSPS) is 15.3. The highest BCUT2D eigenvalue weighted by Gasteiger charge is 2.25. The molecule has 0 bridgehead atoms. The maximum Gasteiger partial charge on any atom is 0.288 e. The number of carbonyl (C=O) groups is 1. The summed E-state index contributed by atoms with van der Waals surface area (Å²) in [6.45, 7) is 6.36. The largest absolute Gasteiger partial charge is 0.409 e. The summed E-state index contributed by atoms with van der Waals surface area (Å²) in [5.41, 5.74) is 4.20. The van der Waals surface area contributed by atoms with Crippen LogP contribution in [-0.2, 0) is 11.5 Å². The summed E-state index contributed by atoms with van der Waals surface area (Å²) >= 11 is 5.38. The molecule has 1 aliphatic heterocycles. The zero-order chi connectivity index (χ0) is 21.1. The minimum atomic E-state index is 0.0258. The fraction of sp³-hybridized carbons (Fsp3) is 0.348. The van der Waals surface area contributed by atoms with Crippen molar-refractivity contribution < 1.29 is 9.21 Å². The summed E-state index contributed by atoms with van der Waals surface area (Å²) in [4.78, 5) is 15.1. The number of rotatable bonds is 5. The number of aryl methyl sites for hydroxylation is 2. The van der Waals surface area contributed by atoms with Gasteiger partial charge in [-0.15, -0.1) is 5.10 Å². The predicted molar refractivity (Wildman–Crippen MR) is 120 cm³/mol. The van der Waals surface area contributed by atoms with Gasteiger partial charge in [0.15, 0.2) is 0 Å². The molecule has 156 valence electrons. The quantitative estimate of drug-likeness (QED) is 0.599. The number of nitrogens with zero attached hydrogens (tertiary/aromatic N) is 3. The fourth-order valence-corrected chi connectivity index (χ4v) is 3.86. The van der Waals surface area contributed by atoms with Crippen LogP contribution >= 0.6 is 12.2 Å². The number of likely N-dealkylation sites (tertiary alicyclic amines) is 1. The minimum absolute atomic E-state index is 0.0258. The van der Waals surface area contributed by atoms with Gasteiger partial charge in [0.2, 0.25) is 11.8 Å². The highest BCUT2D eigenvalue weighted by atomic mass is 32.1. The first-order valence-corrected chi connectivity index (χ1v) is 10.6. The first-order chi connectivity index (χ1) is 14.5. The summed E-state index contributed by atoms with van der Waals surface area (Å²) in [7, 11) is 0. The zero-order valence-electron chi connectivity index (χ0n) is 17.3. The molecule has 1 fully saturated rings. The van der Waals surface area contributed by atoms with Crippen molar-refractivity contribution in [1.82, 2.24) is 14.7 Å². The molecule has 1 amide bonds. The summed E-state index contributed by atoms with van der Waals surface area (Å²) in [5.74, 6) is 0.661. The van der Waals surface area contributed by atoms with Crippen molar-refractivity contribution in [3.8, 4) is 11.5 Å². The number of nitrogens with one attached hydrogen (secondary N) is 1. The number of carbonyl (C=O) groups excluding carboxylic acids is 1. The molecular formula is C23H26N4O2S. The van der Waals surface area contributed by atoms with Crippen molar-refractivity contribution in [2.75, 3.05) is 18.4 Å². The minimum Gasteiger partial charge on any atom is -0.409 e. The molecule has 1 N–H and O–H groups in total. The van der Waals surface area contributed by atoms with Gasteiger partial charge in [0, 0.05) is 30.3 Å². The van der Waals surface area contributed by atoms with Gasteiger partial charge in [-0.1, -0.05) is 24.3 Å². The Kier molecular flexibility index (Phi) is 6.11. The predicted octanol–water partition coefficient (Wildman–Crippen LogP) is 4.80. The van der Waals surface area contributed by atoms with Gasteiger partial charge >= 0.3 is 0 Å². The Morgan fingerprint density at radius 1 is 1.13 bits per heavy atom. The van der Waals surface area contributed by atoms with Gasteiger partial charge in [-0.05, 0) is 74.3 Å². The molecular weight excluding hydrogens is 396 g/mol. The lowest BCUT2D eigenvalue weighted by molar-refractivity contribution is -0.121. The molecule has 0 atom stereocenters. The van der Waals surface area contributed by atoms with Crippen molar-refractivity contribution in [2.24, 2.45) is 5.92 Å². The van der Waals surface area contributed by atoms with Crippen molar-refractivity contribution >= 4 is 23.8 Å². The zero-order valence-corrected chi connectivity index (χ0v) is 18.1. The standard InChI is InChI=1S/C23H26N4O2S/c1-16-8-9-19(14-17(16)2)22-25-27(23(30)29-22)15-26-12-10-18(11-13-26)21(28)24-20-6-4-3-5-7-20/h3-9,14,18H,10-13,15H2,1-2H3,(H,24,28). The van der Waals surface area contributed by atoms with E-state index in [4.69, 9.17) is 16.6 Å². The molecule has 6 nitrogen and oxygen atoms in total. The Hall–Kier alpha value is -2.77. The van der Waals surface area contributed by atoms with Gasteiger partial charge in [-0.3, -0.25) is 9.69 Å². The van der Waals surface area contributed by atoms with Crippen LogP contribution in [0.15, 0.2) is 52.9 Å². The number of hydrogen-bond donors (Lipinski definition) is 1. The fourth-order valence-electron chi connectivity index (χ4n) is 3.68. The number of benzene rings is 2. The Morgan fingerprint density at radius 2 is 1.87 bits per heavy atom. The lowest BCUT2D eigenvalue weighted by Crippen LogP contribution is -2.39. The molecule has 4 rings (SSSR count). The van der Waals surface area contributed by atoms with Gasteiger partial charge in [-0.25, -0.2) is 4.68 Å². The van der Waals surface area contributed by atoms with Crippen molar-refractivity contribution in [1.29, 1.82) is 0 Å². The molecule has 0 unspecified atom stereocenters. The molecule has 30 heavy (non-hydrogen) atoms. The smallest absolute Gasteiger partial charge is 0.288 e. The number of para-hydroxylation sites is 1. The Morgan fingerprint density at radius 3 is 2.57 bits per heavy atom. The molecule has 0 radical (unpaired) electrons. The van der Waals surface area contributed by atoms with Crippen molar-refractivity contribution in [3.63, 3.8) is 0 Å². The number of piperidine rings is 1. The average molecular weight is 423 g/mol. The van der Waals surface area contributed by atoms with Gasteiger partial charge < -0.3 is 9.73 Å². The van der Waals surface area contributed by atoms with Crippen molar-refractivity contribution in [3.05, 3.63) is 64.5 Å². The van der Waals surface area contributed by atoms with E-state index in [0.29, 0.717) is 17.4 Å². The molecule has 2 aromatic carbocycles. The van der Waals surface area contributed by atoms with Crippen LogP contribution in [-0.4, -0.2) is 33.7 Å². The third-order valence-electron chi connectivity index (χ3n) is 5.69. The Labute approximate surface area is 181 Å². The van der Waals surface area contributed by atoms with E-state index in [1.807, 2.05) is 36.4 Å². The van der Waals surface area contributed by atoms with E-state index in [1.54, 1.807) is 4.68 Å². The lowest BCUT2D eigenvalue weighted by Gasteiger charge is -2.30. The first kappa shape index (κ1) is 20.5. The highest BCUT2D eigenvalue weighted by Crippen LogP contribution is 2.23. The van der Waals surface area contributed by atoms with Crippen LogP contribution in [0.2, 0.25) is 0 Å². The van der Waals surface area contributed by atoms with Crippen LogP contribution in [0, 0.1) is 24.6 Å². The molecule has 2 heterocycles. The Bertz CT molecular complexity index is 1080. The third kappa shape index (κ3) is 4.68. The maximum atomic E-state index is 12.5. The highest BCUT2D eigenvalue weighted by molar-refractivity contribution is 7.71. The van der Waals surface area contributed by atoms with E-state index >= 15 is 0 Å². The van der Waals surface area contributed by atoms with Crippen LogP contribution in [0.5, 0.6) is 0 Å². The van der Waals surface area contributed by atoms with E-state index in [1.165, 1.54) is 11.1 Å². The molecule has 1 saturated heterocycles. The number of hydrogen-bond acceptors (Lipinski definition) is 5. The van der Waals surface area contributed by atoms with Gasteiger partial charge in [-0.2, -0.15) is 0 Å². The van der Waals surface area contributed by atoms with E-state index in [-0.39, 0.29) is 11.8 Å². The van der Waals surface area contributed by atoms with E-state index < -0.39 is 0 Å². The second-order valence-electron chi connectivity index (χ2n) is 7.86. The summed E-state index contributed by atoms with van der Waals surface area (Å²) in [6, 6.07) is 15.7. The van der Waals surface area contributed by atoms with Crippen LogP contribution < -0.4 is 5.32 Å². The molecule has 0 spiro atoms. The first-order valence-electron chi connectivity index (χ1n) is 10.2. The van der Waals surface area contributed by atoms with Gasteiger partial charge in [0.05, 0.1) is 6.67 Å². The molecule has 0 saturated carbocycles. The monoisotopic (exact) mass is 422 g/mol. The average Bonchev–Trinajstić information content (AvgIpc) is 3.11. The van der Waals surface area contributed by atoms with E-state index in [0.717, 1.165) is 37.2 Å². The van der Waals surface area contributed by atoms with E-state index in [9.17, 15) is 4.79 Å². The SMILES string of the molecule is Cc1ccc(-c2nn(CN3CCC(C(=O)Nc4ccccc4)CC3)c(=S)o2)cc1C. The summed E-state index contributed by atoms with van der Waals surface area (Å²) in [5, 5.41) is 7.59. The maximum absolute atomic E-state index is 12.5. The number of aromatic nitrogens is 2. The van der Waals surface area contributed by atoms with Crippen LogP contribution in [0.4, 0.5) is 5.69 Å². The van der Waals surface area contributed by atoms with E-state index in [2.05, 4.69) is 41.3 Å². The third-order valence-corrected chi connectivity index (χ3v) is 5.99. The number of anilines is 1. The molecule has 0 aliphatic carbocycles. The Balaban J connectivity index is 1.35. The van der Waals surface area contributed by atoms with Crippen molar-refractivity contribution in [2.45, 2.75) is 33.4 Å². The molecule has 1 aliphatic rings. The topological polar surface area (TPSA) is 63.3 Å². The molecule has 1 aromatic heterocycles.